The minimum atomic E-state index is 1.08. The third-order valence-corrected chi connectivity index (χ3v) is 15.6. The molecule has 0 bridgehead atoms. The molecule has 2 heterocycles. The summed E-state index contributed by atoms with van der Waals surface area (Å²) in [6.07, 6.45) is 0. The average Bonchev–Trinajstić information content (AvgIpc) is 4.29. The van der Waals surface area contributed by atoms with E-state index in [2.05, 4.69) is 322 Å². The van der Waals surface area contributed by atoms with Crippen LogP contribution in [0.4, 0.5) is 34.1 Å². The van der Waals surface area contributed by atoms with Gasteiger partial charge in [-0.15, -0.1) is 0 Å². The van der Waals surface area contributed by atoms with E-state index in [-0.39, 0.29) is 0 Å². The maximum absolute atomic E-state index is 2.47. The Morgan fingerprint density at radius 1 is 0.205 bits per heavy atom. The molecule has 0 aliphatic rings. The fourth-order valence-corrected chi connectivity index (χ4v) is 11.9. The van der Waals surface area contributed by atoms with E-state index < -0.39 is 0 Å². The van der Waals surface area contributed by atoms with Crippen molar-refractivity contribution < 1.29 is 0 Å². The number of aromatic nitrogens is 2. The number of hydrogen-bond donors (Lipinski definition) is 0. The van der Waals surface area contributed by atoms with Crippen molar-refractivity contribution in [1.82, 2.24) is 9.13 Å². The van der Waals surface area contributed by atoms with Gasteiger partial charge in [0.25, 0.3) is 0 Å². The fraction of sp³-hybridized carbons (Fsp3) is 0. The van der Waals surface area contributed by atoms with Gasteiger partial charge in [0.05, 0.1) is 22.4 Å². The van der Waals surface area contributed by atoms with Crippen LogP contribution in [-0.4, -0.2) is 9.13 Å². The molecular formula is C74H50N4. The highest BCUT2D eigenvalue weighted by Crippen LogP contribution is 2.44. The van der Waals surface area contributed by atoms with Crippen molar-refractivity contribution in [1.29, 1.82) is 0 Å². The van der Waals surface area contributed by atoms with Crippen LogP contribution < -0.4 is 9.80 Å². The summed E-state index contributed by atoms with van der Waals surface area (Å²) < 4.78 is 4.94. The summed E-state index contributed by atoms with van der Waals surface area (Å²) in [4.78, 5) is 4.71. The first-order valence-corrected chi connectivity index (χ1v) is 26.7. The molecule has 2 aromatic heterocycles. The van der Waals surface area contributed by atoms with Crippen LogP contribution in [0.25, 0.3) is 98.8 Å². The van der Waals surface area contributed by atoms with Gasteiger partial charge in [-0.3, -0.25) is 0 Å². The molecule has 0 spiro atoms. The van der Waals surface area contributed by atoms with Crippen molar-refractivity contribution in [2.45, 2.75) is 0 Å². The Balaban J connectivity index is 0.922. The molecule has 78 heavy (non-hydrogen) atoms. The van der Waals surface area contributed by atoms with Crippen LogP contribution in [0.5, 0.6) is 0 Å². The molecule has 13 aromatic carbocycles. The largest absolute Gasteiger partial charge is 0.310 e. The van der Waals surface area contributed by atoms with Crippen LogP contribution in [0.3, 0.4) is 0 Å². The van der Waals surface area contributed by atoms with Crippen LogP contribution in [0.2, 0.25) is 0 Å². The van der Waals surface area contributed by atoms with Crippen molar-refractivity contribution in [3.63, 3.8) is 0 Å². The summed E-state index contributed by atoms with van der Waals surface area (Å²) in [6.45, 7) is 0. The zero-order valence-electron chi connectivity index (χ0n) is 42.7. The van der Waals surface area contributed by atoms with Crippen molar-refractivity contribution in [2.24, 2.45) is 0 Å². The predicted molar refractivity (Wildman–Crippen MR) is 330 cm³/mol. The van der Waals surface area contributed by atoms with Gasteiger partial charge < -0.3 is 18.9 Å². The number of anilines is 6. The lowest BCUT2D eigenvalue weighted by Gasteiger charge is -2.26. The van der Waals surface area contributed by atoms with Crippen molar-refractivity contribution in [2.75, 3.05) is 9.80 Å². The van der Waals surface area contributed by atoms with Gasteiger partial charge in [-0.1, -0.05) is 182 Å². The van der Waals surface area contributed by atoms with E-state index in [9.17, 15) is 0 Å². The smallest absolute Gasteiger partial charge is 0.0547 e. The fourth-order valence-electron chi connectivity index (χ4n) is 11.9. The molecule has 4 nitrogen and oxygen atoms in total. The molecule has 0 saturated heterocycles. The summed E-state index contributed by atoms with van der Waals surface area (Å²) in [5.74, 6) is 0. The predicted octanol–water partition coefficient (Wildman–Crippen LogP) is 20.5. The average molecular weight is 995 g/mol. The Morgan fingerprint density at radius 3 is 0.962 bits per heavy atom. The minimum absolute atomic E-state index is 1.08. The maximum atomic E-state index is 2.47. The molecule has 0 saturated carbocycles. The number of rotatable bonds is 10. The lowest BCUT2D eigenvalue weighted by atomic mass is 10.0. The van der Waals surface area contributed by atoms with Crippen LogP contribution >= 0.6 is 0 Å². The van der Waals surface area contributed by atoms with Gasteiger partial charge in [-0.25, -0.2) is 0 Å². The van der Waals surface area contributed by atoms with E-state index in [1.165, 1.54) is 54.2 Å². The van der Waals surface area contributed by atoms with Crippen molar-refractivity contribution in [3.05, 3.63) is 303 Å². The third kappa shape index (κ3) is 7.77. The molecular weight excluding hydrogens is 945 g/mol. The van der Waals surface area contributed by atoms with E-state index in [1.54, 1.807) is 0 Å². The zero-order chi connectivity index (χ0) is 51.5. The third-order valence-electron chi connectivity index (χ3n) is 15.6. The van der Waals surface area contributed by atoms with Crippen LogP contribution in [-0.2, 0) is 0 Å². The van der Waals surface area contributed by atoms with Crippen molar-refractivity contribution >= 4 is 99.0 Å². The summed E-state index contributed by atoms with van der Waals surface area (Å²) in [7, 11) is 0. The van der Waals surface area contributed by atoms with Gasteiger partial charge in [0.15, 0.2) is 0 Å². The second-order valence-electron chi connectivity index (χ2n) is 20.2. The minimum Gasteiger partial charge on any atom is -0.310 e. The number of fused-ring (bicyclic) bond motifs is 6. The molecule has 4 heteroatoms. The Hall–Kier alpha value is -10.4. The summed E-state index contributed by atoms with van der Waals surface area (Å²) in [6, 6.07) is 111. The van der Waals surface area contributed by atoms with E-state index >= 15 is 0 Å². The van der Waals surface area contributed by atoms with Gasteiger partial charge in [-0.05, 0) is 164 Å². The first kappa shape index (κ1) is 45.0. The monoisotopic (exact) mass is 994 g/mol. The van der Waals surface area contributed by atoms with Gasteiger partial charge >= 0.3 is 0 Å². The van der Waals surface area contributed by atoms with Gasteiger partial charge in [0.1, 0.15) is 0 Å². The second kappa shape index (κ2) is 18.7. The summed E-state index contributed by atoms with van der Waals surface area (Å²) >= 11 is 0. The standard InChI is InChI=1S/C74H50N4/c1-3-25-59(26-4-1)75(65-35-33-51-17-7-9-21-55(51)45-65)61-37-41-63(42-38-61)77-71-47-58-50-74(70-32-16-24-54-20-12-14-30-68(54)70)78(72(58)48-57(71)49-73(77)69-31-15-23-53-19-11-13-29-67(53)69)64-43-39-62(40-44-64)76(60-27-5-2-6-28-60)66-36-34-52-18-8-10-22-56(52)46-66/h1-50H. The highest BCUT2D eigenvalue weighted by molar-refractivity contribution is 6.07. The normalized spacial score (nSPS) is 11.6. The highest BCUT2D eigenvalue weighted by atomic mass is 15.1. The molecule has 366 valence electrons. The van der Waals surface area contributed by atoms with E-state index in [0.29, 0.717) is 0 Å². The van der Waals surface area contributed by atoms with E-state index in [1.807, 2.05) is 0 Å². The first-order valence-electron chi connectivity index (χ1n) is 26.7. The Bertz CT molecular complexity index is 4410. The van der Waals surface area contributed by atoms with Gasteiger partial charge in [-0.2, -0.15) is 0 Å². The lowest BCUT2D eigenvalue weighted by molar-refractivity contribution is 1.13. The van der Waals surface area contributed by atoms with Crippen LogP contribution in [0.15, 0.2) is 303 Å². The molecule has 0 unspecified atom stereocenters. The molecule has 0 atom stereocenters. The topological polar surface area (TPSA) is 16.3 Å². The molecule has 0 amide bonds. The molecule has 0 aliphatic carbocycles. The second-order valence-corrected chi connectivity index (χ2v) is 20.2. The maximum Gasteiger partial charge on any atom is 0.0547 e. The van der Waals surface area contributed by atoms with Crippen LogP contribution in [0, 0.1) is 0 Å². The number of benzene rings is 13. The highest BCUT2D eigenvalue weighted by Gasteiger charge is 2.22. The molecule has 0 aliphatic heterocycles. The molecule has 0 radical (unpaired) electrons. The number of hydrogen-bond acceptors (Lipinski definition) is 2. The molecule has 15 aromatic rings. The number of nitrogens with zero attached hydrogens (tertiary/aromatic N) is 4. The van der Waals surface area contributed by atoms with E-state index in [4.69, 9.17) is 0 Å². The van der Waals surface area contributed by atoms with Crippen LogP contribution in [0.1, 0.15) is 0 Å². The van der Waals surface area contributed by atoms with E-state index in [0.717, 1.165) is 78.7 Å². The molecule has 0 N–H and O–H groups in total. The molecule has 15 rings (SSSR count). The molecule has 0 fully saturated rings. The Kier molecular flexibility index (Phi) is 10.8. The van der Waals surface area contributed by atoms with Gasteiger partial charge in [0, 0.05) is 67.4 Å². The quantitative estimate of drug-likeness (QED) is 0.136. The first-order chi connectivity index (χ1) is 38.7. The number of para-hydroxylation sites is 2. The summed E-state index contributed by atoms with van der Waals surface area (Å²) in [5.41, 5.74) is 15.7. The zero-order valence-corrected chi connectivity index (χ0v) is 42.7. The summed E-state index contributed by atoms with van der Waals surface area (Å²) in [5, 5.41) is 12.0. The Morgan fingerprint density at radius 2 is 0.538 bits per heavy atom. The van der Waals surface area contributed by atoms with Crippen molar-refractivity contribution in [3.8, 4) is 33.9 Å². The van der Waals surface area contributed by atoms with Gasteiger partial charge in [0.2, 0.25) is 0 Å². The lowest BCUT2D eigenvalue weighted by Crippen LogP contribution is -2.10. The Labute approximate surface area is 452 Å². The SMILES string of the molecule is c1ccc(N(c2ccc(-n3c(-c4cccc5ccccc45)cc4cc5c(cc(-c6cccc7ccccc67)n5-c5ccc(N(c6ccccc6)c6ccc7ccccc7c6)cc5)cc43)cc2)c2ccc3ccccc3c2)cc1.